The molecule has 0 spiro atoms. The van der Waals surface area contributed by atoms with E-state index in [0.29, 0.717) is 41.7 Å². The van der Waals surface area contributed by atoms with E-state index in [-0.39, 0.29) is 11.2 Å². The first-order chi connectivity index (χ1) is 18.2. The Morgan fingerprint density at radius 1 is 0.919 bits per heavy atom. The maximum absolute atomic E-state index is 14.5. The van der Waals surface area contributed by atoms with Gasteiger partial charge in [-0.15, -0.1) is 0 Å². The van der Waals surface area contributed by atoms with Gasteiger partial charge >= 0.3 is 0 Å². The number of hydrogen-bond acceptors (Lipinski definition) is 5. The molecule has 0 saturated carbocycles. The highest BCUT2D eigenvalue weighted by Crippen LogP contribution is 2.24. The van der Waals surface area contributed by atoms with E-state index in [4.69, 9.17) is 4.42 Å². The van der Waals surface area contributed by atoms with Crippen molar-refractivity contribution in [2.24, 2.45) is 0 Å². The highest BCUT2D eigenvalue weighted by Gasteiger charge is 2.16. The number of fused-ring (bicyclic) bond motifs is 4. The van der Waals surface area contributed by atoms with Gasteiger partial charge in [0.1, 0.15) is 11.4 Å². The molecule has 6 rings (SSSR count). The molecule has 0 aliphatic rings. The van der Waals surface area contributed by atoms with Gasteiger partial charge in [0.2, 0.25) is 0 Å². The van der Waals surface area contributed by atoms with Crippen molar-refractivity contribution in [3.05, 3.63) is 119 Å². The molecule has 184 valence electrons. The number of aryl methyl sites for hydroxylation is 1. The van der Waals surface area contributed by atoms with E-state index in [2.05, 4.69) is 25.5 Å². The van der Waals surface area contributed by atoms with Crippen molar-refractivity contribution in [2.45, 2.75) is 26.1 Å². The Morgan fingerprint density at radius 3 is 2.68 bits per heavy atom. The largest absolute Gasteiger partial charge is 0.463 e. The van der Waals surface area contributed by atoms with E-state index >= 15 is 0 Å². The first-order valence-corrected chi connectivity index (χ1v) is 12.3. The molecule has 7 heteroatoms. The second-order valence-corrected chi connectivity index (χ2v) is 9.21. The van der Waals surface area contributed by atoms with Crippen LogP contribution in [0.1, 0.15) is 17.5 Å². The van der Waals surface area contributed by atoms with Crippen LogP contribution in [-0.4, -0.2) is 26.0 Å². The Balaban J connectivity index is 1.27. The summed E-state index contributed by atoms with van der Waals surface area (Å²) in [6.07, 6.45) is 7.01. The number of imidazole rings is 1. The van der Waals surface area contributed by atoms with E-state index in [1.807, 2.05) is 60.9 Å². The molecule has 37 heavy (non-hydrogen) atoms. The molecule has 0 N–H and O–H groups in total. The summed E-state index contributed by atoms with van der Waals surface area (Å²) in [7, 11) is 0. The quantitative estimate of drug-likeness (QED) is 0.247. The smallest absolute Gasteiger partial charge is 0.197 e. The molecule has 3 aromatic carbocycles. The zero-order chi connectivity index (χ0) is 25.2. The molecule has 0 aliphatic heterocycles. The van der Waals surface area contributed by atoms with E-state index in [1.54, 1.807) is 18.5 Å². The lowest BCUT2D eigenvalue weighted by atomic mass is 10.1. The topological polar surface area (TPSA) is 64.2 Å². The molecule has 0 unspecified atom stereocenters. The van der Waals surface area contributed by atoms with Crippen molar-refractivity contribution >= 4 is 32.8 Å². The lowest BCUT2D eigenvalue weighted by molar-refractivity contribution is 0.243. The minimum atomic E-state index is -0.356. The number of pyridine rings is 1. The third-order valence-corrected chi connectivity index (χ3v) is 6.78. The van der Waals surface area contributed by atoms with Gasteiger partial charge in [0.25, 0.3) is 0 Å². The van der Waals surface area contributed by atoms with E-state index < -0.39 is 0 Å². The highest BCUT2D eigenvalue weighted by atomic mass is 19.1. The second-order valence-electron chi connectivity index (χ2n) is 9.21. The Kier molecular flexibility index (Phi) is 6.20. The van der Waals surface area contributed by atoms with Crippen LogP contribution in [0.4, 0.5) is 4.39 Å². The summed E-state index contributed by atoms with van der Waals surface area (Å²) in [6.45, 7) is 2.11. The average Bonchev–Trinajstić information content (AvgIpc) is 3.34. The van der Waals surface area contributed by atoms with Crippen molar-refractivity contribution in [3.63, 3.8) is 0 Å². The van der Waals surface area contributed by atoms with Gasteiger partial charge in [0.15, 0.2) is 5.43 Å². The SMILES string of the molecule is O=c1c(CN(CCCn2cnc3ccccc32)Cc2ccncc2F)coc2c1ccc1ccccc12. The molecule has 0 aliphatic carbocycles. The van der Waals surface area contributed by atoms with Gasteiger partial charge in [-0.25, -0.2) is 9.37 Å². The number of benzene rings is 3. The van der Waals surface area contributed by atoms with Gasteiger partial charge in [0, 0.05) is 48.9 Å². The number of para-hydroxylation sites is 2. The highest BCUT2D eigenvalue weighted by molar-refractivity contribution is 6.03. The zero-order valence-corrected chi connectivity index (χ0v) is 20.2. The zero-order valence-electron chi connectivity index (χ0n) is 20.2. The first-order valence-electron chi connectivity index (χ1n) is 12.3. The molecule has 0 fully saturated rings. The van der Waals surface area contributed by atoms with E-state index in [9.17, 15) is 9.18 Å². The molecule has 6 nitrogen and oxygen atoms in total. The Morgan fingerprint density at radius 2 is 1.76 bits per heavy atom. The number of hydrogen-bond donors (Lipinski definition) is 0. The van der Waals surface area contributed by atoms with Gasteiger partial charge in [-0.1, -0.05) is 42.5 Å². The van der Waals surface area contributed by atoms with E-state index in [1.165, 1.54) is 6.20 Å². The predicted molar refractivity (Wildman–Crippen MR) is 143 cm³/mol. The van der Waals surface area contributed by atoms with Crippen LogP contribution in [0.5, 0.6) is 0 Å². The second kappa shape index (κ2) is 9.95. The summed E-state index contributed by atoms with van der Waals surface area (Å²) in [5, 5.41) is 2.48. The van der Waals surface area contributed by atoms with Crippen LogP contribution in [-0.2, 0) is 19.6 Å². The summed E-state index contributed by atoms with van der Waals surface area (Å²) in [5.74, 6) is -0.356. The maximum Gasteiger partial charge on any atom is 0.197 e. The average molecular weight is 493 g/mol. The summed E-state index contributed by atoms with van der Waals surface area (Å²) in [5.41, 5.74) is 3.65. The van der Waals surface area contributed by atoms with Crippen LogP contribution >= 0.6 is 0 Å². The van der Waals surface area contributed by atoms with Gasteiger partial charge in [-0.2, -0.15) is 0 Å². The fraction of sp³-hybridized carbons (Fsp3) is 0.167. The minimum absolute atomic E-state index is 0.0622. The molecular formula is C30H25FN4O2. The van der Waals surface area contributed by atoms with E-state index in [0.717, 1.165) is 34.8 Å². The molecule has 3 heterocycles. The fourth-order valence-corrected chi connectivity index (χ4v) is 4.90. The van der Waals surface area contributed by atoms with Crippen molar-refractivity contribution in [1.29, 1.82) is 0 Å². The van der Waals surface area contributed by atoms with Crippen LogP contribution < -0.4 is 5.43 Å². The Hall–Kier alpha value is -4.36. The minimum Gasteiger partial charge on any atom is -0.463 e. The normalized spacial score (nSPS) is 11.7. The lowest BCUT2D eigenvalue weighted by Gasteiger charge is -2.22. The van der Waals surface area contributed by atoms with Crippen molar-refractivity contribution in [1.82, 2.24) is 19.4 Å². The van der Waals surface area contributed by atoms with Crippen molar-refractivity contribution < 1.29 is 8.81 Å². The summed E-state index contributed by atoms with van der Waals surface area (Å²) < 4.78 is 22.6. The van der Waals surface area contributed by atoms with Gasteiger partial charge in [-0.05, 0) is 36.1 Å². The molecule has 6 aromatic rings. The van der Waals surface area contributed by atoms with Crippen LogP contribution in [0, 0.1) is 5.82 Å². The number of aromatic nitrogens is 3. The number of nitrogens with zero attached hydrogens (tertiary/aromatic N) is 4. The van der Waals surface area contributed by atoms with Gasteiger partial charge < -0.3 is 8.98 Å². The molecular weight excluding hydrogens is 467 g/mol. The van der Waals surface area contributed by atoms with Crippen molar-refractivity contribution in [2.75, 3.05) is 6.54 Å². The third-order valence-electron chi connectivity index (χ3n) is 6.78. The van der Waals surface area contributed by atoms with Gasteiger partial charge in [0.05, 0.1) is 35.2 Å². The van der Waals surface area contributed by atoms with Crippen LogP contribution in [0.2, 0.25) is 0 Å². The molecule has 0 radical (unpaired) electrons. The lowest BCUT2D eigenvalue weighted by Crippen LogP contribution is -2.28. The Bertz CT molecular complexity index is 1780. The first kappa shape index (κ1) is 23.1. The standard InChI is InChI=1S/C30H25FN4O2/c31-26-16-32-13-12-22(26)17-34(14-5-15-35-20-33-27-8-3-4-9-28(27)35)18-23-19-37-30-24-7-2-1-6-21(24)10-11-25(30)29(23)36/h1-4,6-13,16,19-20H,5,14-15,17-18H2. The van der Waals surface area contributed by atoms with Gasteiger partial charge in [-0.3, -0.25) is 14.7 Å². The van der Waals surface area contributed by atoms with Crippen molar-refractivity contribution in [3.8, 4) is 0 Å². The van der Waals surface area contributed by atoms with Crippen LogP contribution in [0.25, 0.3) is 32.8 Å². The predicted octanol–water partition coefficient (Wildman–Crippen LogP) is 5.92. The number of halogens is 1. The summed E-state index contributed by atoms with van der Waals surface area (Å²) in [4.78, 5) is 23.9. The summed E-state index contributed by atoms with van der Waals surface area (Å²) >= 11 is 0. The molecule has 3 aromatic heterocycles. The molecule has 0 amide bonds. The number of rotatable bonds is 8. The fourth-order valence-electron chi connectivity index (χ4n) is 4.90. The van der Waals surface area contributed by atoms with Crippen LogP contribution in [0.3, 0.4) is 0 Å². The monoisotopic (exact) mass is 492 g/mol. The van der Waals surface area contributed by atoms with Crippen LogP contribution in [0.15, 0.2) is 101 Å². The molecule has 0 saturated heterocycles. The molecule has 0 atom stereocenters. The Labute approximate surface area is 212 Å². The molecule has 0 bridgehead atoms. The summed E-state index contributed by atoms with van der Waals surface area (Å²) in [6, 6.07) is 21.3. The maximum atomic E-state index is 14.5. The third kappa shape index (κ3) is 4.61.